The van der Waals surface area contributed by atoms with E-state index in [0.29, 0.717) is 29.4 Å². The number of hydrogen-bond donors (Lipinski definition) is 0. The fourth-order valence-corrected chi connectivity index (χ4v) is 3.56. The quantitative estimate of drug-likeness (QED) is 0.757. The monoisotopic (exact) mass is 364 g/mol. The second-order valence-electron chi connectivity index (χ2n) is 6.52. The summed E-state index contributed by atoms with van der Waals surface area (Å²) >= 11 is 0. The van der Waals surface area contributed by atoms with E-state index in [1.54, 1.807) is 14.2 Å². The molecule has 0 aliphatic carbocycles. The number of hydrogen-bond acceptors (Lipinski definition) is 8. The maximum atomic E-state index is 5.67. The minimum Gasteiger partial charge on any atom is -0.492 e. The summed E-state index contributed by atoms with van der Waals surface area (Å²) in [6, 6.07) is 1.94. The smallest absolute Gasteiger partial charge is 0.231 e. The molecular formula is C18H24N2O6. The molecule has 1 saturated heterocycles. The molecule has 142 valence electrons. The lowest BCUT2D eigenvalue weighted by atomic mass is 10.0. The molecule has 4 rings (SSSR count). The molecule has 0 aromatic heterocycles. The first kappa shape index (κ1) is 17.2. The van der Waals surface area contributed by atoms with Crippen molar-refractivity contribution < 1.29 is 28.5 Å². The Morgan fingerprint density at radius 2 is 1.96 bits per heavy atom. The molecule has 0 saturated carbocycles. The molecule has 0 bridgehead atoms. The van der Waals surface area contributed by atoms with E-state index < -0.39 is 0 Å². The van der Waals surface area contributed by atoms with Gasteiger partial charge in [0.1, 0.15) is 6.10 Å². The molecule has 0 unspecified atom stereocenters. The van der Waals surface area contributed by atoms with E-state index in [1.807, 2.05) is 6.07 Å². The van der Waals surface area contributed by atoms with Gasteiger partial charge in [-0.3, -0.25) is 4.90 Å². The fourth-order valence-electron chi connectivity index (χ4n) is 3.56. The standard InChI is InChI=1S/C18H24N2O6/c1-21-16-12(8-15-17(18(16)22-2)25-11-24-15)7-14-9-13(19-26-14)10-20-3-5-23-6-4-20/h8,14H,3-7,9-11H2,1-2H3/t14-/m1/s1. The SMILES string of the molecule is COc1c(C[C@@H]2CC(CN3CCOCC3)=NO2)cc2c(c1OC)OCO2. The number of oxime groups is 1. The topological polar surface area (TPSA) is 71.0 Å². The molecule has 3 heterocycles. The predicted molar refractivity (Wildman–Crippen MR) is 93.6 cm³/mol. The van der Waals surface area contributed by atoms with Gasteiger partial charge in [-0.1, -0.05) is 5.16 Å². The second kappa shape index (κ2) is 7.59. The lowest BCUT2D eigenvalue weighted by Gasteiger charge is -2.26. The lowest BCUT2D eigenvalue weighted by molar-refractivity contribution is 0.0450. The van der Waals surface area contributed by atoms with Crippen LogP contribution in [0.1, 0.15) is 12.0 Å². The van der Waals surface area contributed by atoms with Crippen LogP contribution in [0.3, 0.4) is 0 Å². The molecule has 1 fully saturated rings. The van der Waals surface area contributed by atoms with Crippen LogP contribution in [0, 0.1) is 0 Å². The maximum Gasteiger partial charge on any atom is 0.231 e. The van der Waals surface area contributed by atoms with Gasteiger partial charge in [0, 0.05) is 38.0 Å². The molecule has 3 aliphatic heterocycles. The van der Waals surface area contributed by atoms with Gasteiger partial charge in [0.05, 0.1) is 33.1 Å². The molecule has 0 spiro atoms. The van der Waals surface area contributed by atoms with Crippen molar-refractivity contribution in [2.24, 2.45) is 5.16 Å². The van der Waals surface area contributed by atoms with Crippen LogP contribution in [0.25, 0.3) is 0 Å². The number of methoxy groups -OCH3 is 2. The summed E-state index contributed by atoms with van der Waals surface area (Å²) < 4.78 is 27.5. The van der Waals surface area contributed by atoms with Crippen LogP contribution < -0.4 is 18.9 Å². The largest absolute Gasteiger partial charge is 0.492 e. The Bertz CT molecular complexity index is 687. The highest BCUT2D eigenvalue weighted by Crippen LogP contribution is 2.49. The zero-order valence-corrected chi connectivity index (χ0v) is 15.2. The number of benzene rings is 1. The van der Waals surface area contributed by atoms with Crippen LogP contribution in [-0.2, 0) is 16.0 Å². The van der Waals surface area contributed by atoms with E-state index in [1.165, 1.54) is 0 Å². The van der Waals surface area contributed by atoms with Gasteiger partial charge in [0.25, 0.3) is 0 Å². The summed E-state index contributed by atoms with van der Waals surface area (Å²) in [7, 11) is 3.22. The van der Waals surface area contributed by atoms with Crippen LogP contribution in [0.5, 0.6) is 23.0 Å². The normalized spacial score (nSPS) is 22.1. The van der Waals surface area contributed by atoms with Gasteiger partial charge in [0.2, 0.25) is 18.3 Å². The van der Waals surface area contributed by atoms with Gasteiger partial charge in [-0.05, 0) is 6.07 Å². The Labute approximate surface area is 152 Å². The van der Waals surface area contributed by atoms with E-state index in [9.17, 15) is 0 Å². The summed E-state index contributed by atoms with van der Waals surface area (Å²) in [5.74, 6) is 2.47. The first-order valence-electron chi connectivity index (χ1n) is 8.83. The van der Waals surface area contributed by atoms with Crippen molar-refractivity contribution in [3.63, 3.8) is 0 Å². The zero-order chi connectivity index (χ0) is 17.9. The van der Waals surface area contributed by atoms with Crippen molar-refractivity contribution in [2.75, 3.05) is 53.9 Å². The number of nitrogens with zero attached hydrogens (tertiary/aromatic N) is 2. The van der Waals surface area contributed by atoms with Crippen molar-refractivity contribution in [1.82, 2.24) is 4.90 Å². The lowest BCUT2D eigenvalue weighted by Crippen LogP contribution is -2.39. The van der Waals surface area contributed by atoms with Gasteiger partial charge in [-0.15, -0.1) is 0 Å². The third-order valence-corrected chi connectivity index (χ3v) is 4.81. The highest BCUT2D eigenvalue weighted by Gasteiger charge is 2.30. The van der Waals surface area contributed by atoms with Gasteiger partial charge in [-0.2, -0.15) is 0 Å². The third kappa shape index (κ3) is 3.39. The van der Waals surface area contributed by atoms with E-state index in [4.69, 9.17) is 28.5 Å². The van der Waals surface area contributed by atoms with E-state index in [2.05, 4.69) is 10.1 Å². The molecule has 1 aromatic carbocycles. The number of morpholine rings is 1. The van der Waals surface area contributed by atoms with Crippen LogP contribution >= 0.6 is 0 Å². The van der Waals surface area contributed by atoms with Gasteiger partial charge in [-0.25, -0.2) is 0 Å². The molecule has 8 heteroatoms. The Kier molecular flexibility index (Phi) is 5.03. The molecule has 0 N–H and O–H groups in total. The van der Waals surface area contributed by atoms with E-state index in [0.717, 1.165) is 50.5 Å². The highest BCUT2D eigenvalue weighted by atomic mass is 16.7. The van der Waals surface area contributed by atoms with Crippen LogP contribution in [0.4, 0.5) is 0 Å². The number of ether oxygens (including phenoxy) is 5. The molecular weight excluding hydrogens is 340 g/mol. The summed E-state index contributed by atoms with van der Waals surface area (Å²) in [6.45, 7) is 4.47. The second-order valence-corrected chi connectivity index (χ2v) is 6.52. The Morgan fingerprint density at radius 1 is 1.15 bits per heavy atom. The van der Waals surface area contributed by atoms with Crippen LogP contribution in [0.15, 0.2) is 11.2 Å². The van der Waals surface area contributed by atoms with E-state index in [-0.39, 0.29) is 12.9 Å². The highest BCUT2D eigenvalue weighted by molar-refractivity contribution is 5.87. The summed E-state index contributed by atoms with van der Waals surface area (Å²) in [5, 5.41) is 4.28. The van der Waals surface area contributed by atoms with Crippen molar-refractivity contribution in [3.8, 4) is 23.0 Å². The minimum absolute atomic E-state index is 0.0231. The summed E-state index contributed by atoms with van der Waals surface area (Å²) in [6.07, 6.45) is 1.44. The number of rotatable bonds is 6. The van der Waals surface area contributed by atoms with Crippen molar-refractivity contribution in [3.05, 3.63) is 11.6 Å². The van der Waals surface area contributed by atoms with Crippen molar-refractivity contribution in [1.29, 1.82) is 0 Å². The molecule has 1 atom stereocenters. The maximum absolute atomic E-state index is 5.67. The first-order valence-corrected chi connectivity index (χ1v) is 8.83. The molecule has 0 amide bonds. The van der Waals surface area contributed by atoms with Crippen molar-refractivity contribution >= 4 is 5.71 Å². The van der Waals surface area contributed by atoms with Crippen LogP contribution in [0.2, 0.25) is 0 Å². The average Bonchev–Trinajstić information content (AvgIpc) is 3.30. The Balaban J connectivity index is 1.43. The zero-order valence-electron chi connectivity index (χ0n) is 15.2. The summed E-state index contributed by atoms with van der Waals surface area (Å²) in [5.41, 5.74) is 2.03. The third-order valence-electron chi connectivity index (χ3n) is 4.81. The van der Waals surface area contributed by atoms with Gasteiger partial charge in [0.15, 0.2) is 11.5 Å². The predicted octanol–water partition coefficient (Wildman–Crippen LogP) is 1.45. The van der Waals surface area contributed by atoms with Gasteiger partial charge >= 0.3 is 0 Å². The summed E-state index contributed by atoms with van der Waals surface area (Å²) in [4.78, 5) is 8.01. The number of fused-ring (bicyclic) bond motifs is 1. The minimum atomic E-state index is -0.0231. The van der Waals surface area contributed by atoms with Crippen molar-refractivity contribution in [2.45, 2.75) is 18.9 Å². The van der Waals surface area contributed by atoms with E-state index >= 15 is 0 Å². The molecule has 3 aliphatic rings. The molecule has 26 heavy (non-hydrogen) atoms. The fraction of sp³-hybridized carbons (Fsp3) is 0.611. The molecule has 0 radical (unpaired) electrons. The van der Waals surface area contributed by atoms with Gasteiger partial charge < -0.3 is 28.5 Å². The van der Waals surface area contributed by atoms with Crippen LogP contribution in [-0.4, -0.2) is 70.6 Å². The average molecular weight is 364 g/mol. The Morgan fingerprint density at radius 3 is 2.73 bits per heavy atom. The molecule has 1 aromatic rings. The first-order chi connectivity index (χ1) is 12.8. The molecule has 8 nitrogen and oxygen atoms in total. The Hall–Kier alpha value is -2.19.